The van der Waals surface area contributed by atoms with E-state index in [9.17, 15) is 4.39 Å². The van der Waals surface area contributed by atoms with Gasteiger partial charge in [0, 0.05) is 11.5 Å². The summed E-state index contributed by atoms with van der Waals surface area (Å²) in [4.78, 5) is 0. The molecule has 0 saturated carbocycles. The van der Waals surface area contributed by atoms with Crippen LogP contribution in [0.2, 0.25) is 0 Å². The minimum absolute atomic E-state index is 0.180. The fourth-order valence-electron chi connectivity index (χ4n) is 1.54. The molecule has 13 heavy (non-hydrogen) atoms. The fourth-order valence-corrected chi connectivity index (χ4v) is 1.54. The standard InChI is InChI=1S/C11H11FN/c1-2-13-8-10(12)7-9-5-3-4-6-11(9)13/h3-8H,2H2,1H3/q+1. The Hall–Kier alpha value is -1.44. The first-order valence-electron chi connectivity index (χ1n) is 4.39. The van der Waals surface area contributed by atoms with Gasteiger partial charge in [0.15, 0.2) is 5.82 Å². The molecule has 0 amide bonds. The number of halogens is 1. The summed E-state index contributed by atoms with van der Waals surface area (Å²) in [5.74, 6) is -0.180. The number of aryl methyl sites for hydroxylation is 1. The first-order chi connectivity index (χ1) is 6.31. The first kappa shape index (κ1) is 8.17. The van der Waals surface area contributed by atoms with E-state index in [0.29, 0.717) is 0 Å². The molecule has 2 rings (SSSR count). The summed E-state index contributed by atoms with van der Waals surface area (Å²) in [7, 11) is 0. The van der Waals surface area contributed by atoms with Gasteiger partial charge in [0.2, 0.25) is 11.7 Å². The van der Waals surface area contributed by atoms with Crippen LogP contribution in [0.15, 0.2) is 36.5 Å². The molecule has 66 valence electrons. The Bertz CT molecular complexity index is 437. The zero-order valence-corrected chi connectivity index (χ0v) is 7.50. The summed E-state index contributed by atoms with van der Waals surface area (Å²) in [5, 5.41) is 0.948. The van der Waals surface area contributed by atoms with Crippen molar-refractivity contribution in [1.82, 2.24) is 0 Å². The Morgan fingerprint density at radius 3 is 2.85 bits per heavy atom. The van der Waals surface area contributed by atoms with Crippen LogP contribution in [0, 0.1) is 5.82 Å². The van der Waals surface area contributed by atoms with Gasteiger partial charge in [0.1, 0.15) is 6.54 Å². The van der Waals surface area contributed by atoms with Gasteiger partial charge in [-0.25, -0.2) is 4.39 Å². The van der Waals surface area contributed by atoms with E-state index in [1.807, 2.05) is 35.8 Å². The zero-order valence-electron chi connectivity index (χ0n) is 7.50. The molecule has 2 aromatic rings. The number of nitrogens with zero attached hydrogens (tertiary/aromatic N) is 1. The molecular weight excluding hydrogens is 165 g/mol. The topological polar surface area (TPSA) is 3.88 Å². The fraction of sp³-hybridized carbons (Fsp3) is 0.182. The monoisotopic (exact) mass is 176 g/mol. The lowest BCUT2D eigenvalue weighted by atomic mass is 10.2. The second-order valence-electron chi connectivity index (χ2n) is 3.00. The summed E-state index contributed by atoms with van der Waals surface area (Å²) in [5.41, 5.74) is 1.08. The third-order valence-corrected chi connectivity index (χ3v) is 2.16. The highest BCUT2D eigenvalue weighted by molar-refractivity contribution is 5.75. The van der Waals surface area contributed by atoms with Crippen molar-refractivity contribution in [1.29, 1.82) is 0 Å². The van der Waals surface area contributed by atoms with E-state index < -0.39 is 0 Å². The highest BCUT2D eigenvalue weighted by atomic mass is 19.1. The number of fused-ring (bicyclic) bond motifs is 1. The summed E-state index contributed by atoms with van der Waals surface area (Å²) in [6.07, 6.45) is 1.53. The lowest BCUT2D eigenvalue weighted by Crippen LogP contribution is -2.33. The van der Waals surface area contributed by atoms with Gasteiger partial charge >= 0.3 is 0 Å². The third-order valence-electron chi connectivity index (χ3n) is 2.16. The summed E-state index contributed by atoms with van der Waals surface area (Å²) < 4.78 is 15.0. The quantitative estimate of drug-likeness (QED) is 0.587. The zero-order chi connectivity index (χ0) is 9.26. The Kier molecular flexibility index (Phi) is 1.97. The molecule has 0 N–H and O–H groups in total. The molecule has 0 bridgehead atoms. The first-order valence-corrected chi connectivity index (χ1v) is 4.39. The minimum atomic E-state index is -0.180. The minimum Gasteiger partial charge on any atom is -0.200 e. The number of rotatable bonds is 1. The number of para-hydroxylation sites is 1. The Morgan fingerprint density at radius 2 is 2.08 bits per heavy atom. The molecule has 1 nitrogen and oxygen atoms in total. The molecule has 1 aromatic heterocycles. The van der Waals surface area contributed by atoms with Crippen molar-refractivity contribution in [3.05, 3.63) is 42.3 Å². The smallest absolute Gasteiger partial charge is 0.200 e. The molecule has 0 aliphatic heterocycles. The lowest BCUT2D eigenvalue weighted by Gasteiger charge is -1.98. The van der Waals surface area contributed by atoms with E-state index in [0.717, 1.165) is 17.4 Å². The molecule has 2 heteroatoms. The van der Waals surface area contributed by atoms with Crippen LogP contribution < -0.4 is 4.57 Å². The number of aromatic nitrogens is 1. The molecule has 0 fully saturated rings. The third kappa shape index (κ3) is 1.39. The van der Waals surface area contributed by atoms with E-state index in [2.05, 4.69) is 0 Å². The number of pyridine rings is 1. The highest BCUT2D eigenvalue weighted by Gasteiger charge is 2.07. The summed E-state index contributed by atoms with van der Waals surface area (Å²) in [6, 6.07) is 9.36. The highest BCUT2D eigenvalue weighted by Crippen LogP contribution is 2.10. The molecule has 1 heterocycles. The average molecular weight is 176 g/mol. The van der Waals surface area contributed by atoms with Gasteiger partial charge in [0.25, 0.3) is 0 Å². The van der Waals surface area contributed by atoms with Gasteiger partial charge in [-0.15, -0.1) is 0 Å². The summed E-state index contributed by atoms with van der Waals surface area (Å²) >= 11 is 0. The van der Waals surface area contributed by atoms with Crippen LogP contribution in [-0.2, 0) is 6.54 Å². The molecular formula is C11H11FN+. The SMILES string of the molecule is CC[n+]1cc(F)cc2ccccc21. The van der Waals surface area contributed by atoms with Gasteiger partial charge in [-0.1, -0.05) is 12.1 Å². The van der Waals surface area contributed by atoms with Gasteiger partial charge in [-0.3, -0.25) is 0 Å². The molecule has 0 radical (unpaired) electrons. The van der Waals surface area contributed by atoms with Crippen molar-refractivity contribution in [2.24, 2.45) is 0 Å². The molecule has 0 atom stereocenters. The number of hydrogen-bond donors (Lipinski definition) is 0. The van der Waals surface area contributed by atoms with Gasteiger partial charge in [0.05, 0.1) is 0 Å². The normalized spacial score (nSPS) is 10.6. The lowest BCUT2D eigenvalue weighted by molar-refractivity contribution is -0.669. The van der Waals surface area contributed by atoms with Crippen LogP contribution in [-0.4, -0.2) is 0 Å². The maximum Gasteiger partial charge on any atom is 0.212 e. The van der Waals surface area contributed by atoms with Crippen LogP contribution in [0.3, 0.4) is 0 Å². The number of benzene rings is 1. The van der Waals surface area contributed by atoms with Crippen molar-refractivity contribution in [2.75, 3.05) is 0 Å². The van der Waals surface area contributed by atoms with E-state index in [1.54, 1.807) is 6.07 Å². The van der Waals surface area contributed by atoms with Gasteiger partial charge in [-0.2, -0.15) is 4.57 Å². The largest absolute Gasteiger partial charge is 0.212 e. The second-order valence-corrected chi connectivity index (χ2v) is 3.00. The van der Waals surface area contributed by atoms with Gasteiger partial charge in [-0.05, 0) is 19.1 Å². The van der Waals surface area contributed by atoms with Crippen molar-refractivity contribution >= 4 is 10.9 Å². The second kappa shape index (κ2) is 3.13. The van der Waals surface area contributed by atoms with Crippen LogP contribution in [0.5, 0.6) is 0 Å². The predicted octanol–water partition coefficient (Wildman–Crippen LogP) is 2.29. The van der Waals surface area contributed by atoms with Crippen LogP contribution >= 0.6 is 0 Å². The van der Waals surface area contributed by atoms with Crippen molar-refractivity contribution in [2.45, 2.75) is 13.5 Å². The Balaban J connectivity index is 2.81. The van der Waals surface area contributed by atoms with Crippen molar-refractivity contribution in [3.8, 4) is 0 Å². The molecule has 0 saturated heterocycles. The molecule has 0 aliphatic carbocycles. The molecule has 0 spiro atoms. The van der Waals surface area contributed by atoms with E-state index in [-0.39, 0.29) is 5.82 Å². The maximum atomic E-state index is 13.1. The predicted molar refractivity (Wildman–Crippen MR) is 49.8 cm³/mol. The Labute approximate surface area is 76.4 Å². The van der Waals surface area contributed by atoms with Crippen LogP contribution in [0.4, 0.5) is 4.39 Å². The molecule has 0 unspecified atom stereocenters. The van der Waals surface area contributed by atoms with E-state index >= 15 is 0 Å². The van der Waals surface area contributed by atoms with Gasteiger partial charge < -0.3 is 0 Å². The van der Waals surface area contributed by atoms with Crippen LogP contribution in [0.1, 0.15) is 6.92 Å². The van der Waals surface area contributed by atoms with Crippen molar-refractivity contribution < 1.29 is 8.96 Å². The summed E-state index contributed by atoms with van der Waals surface area (Å²) in [6.45, 7) is 2.80. The number of hydrogen-bond acceptors (Lipinski definition) is 0. The molecule has 1 aromatic carbocycles. The van der Waals surface area contributed by atoms with Crippen LogP contribution in [0.25, 0.3) is 10.9 Å². The van der Waals surface area contributed by atoms with Crippen molar-refractivity contribution in [3.63, 3.8) is 0 Å². The molecule has 0 aliphatic rings. The van der Waals surface area contributed by atoms with E-state index in [1.165, 1.54) is 6.20 Å². The maximum absolute atomic E-state index is 13.1. The van der Waals surface area contributed by atoms with E-state index in [4.69, 9.17) is 0 Å². The average Bonchev–Trinajstić information content (AvgIpc) is 2.16. The Morgan fingerprint density at radius 1 is 1.31 bits per heavy atom.